The molecule has 0 aliphatic carbocycles. The van der Waals surface area contributed by atoms with E-state index in [9.17, 15) is 18.3 Å². The zero-order chi connectivity index (χ0) is 20.8. The number of anilines is 2. The van der Waals surface area contributed by atoms with Crippen LogP contribution < -0.4 is 9.80 Å². The number of benzene rings is 1. The number of alkyl halides is 3. The Morgan fingerprint density at radius 1 is 1.28 bits per heavy atom. The Morgan fingerprint density at radius 2 is 2.07 bits per heavy atom. The van der Waals surface area contributed by atoms with Gasteiger partial charge in [0.25, 0.3) is 0 Å². The standard InChI is InChI=1S/C19H19ClF3N5O/c1-11-9-27(17-14(20)6-12(10-29)8-24-17)4-5-28(11)18-25-15-3-2-13(19(21,22)23)7-16(15)26-18/h2-3,6-8,11,29H,4-5,9-10H2,1H3,(H,25,26)/t11-/m0/s1. The quantitative estimate of drug-likeness (QED) is 0.667. The molecule has 154 valence electrons. The van der Waals surface area contributed by atoms with Crippen LogP contribution in [0.1, 0.15) is 18.1 Å². The third kappa shape index (κ3) is 3.84. The predicted octanol–water partition coefficient (Wildman–Crippen LogP) is 3.84. The molecule has 1 aliphatic heterocycles. The molecule has 1 aromatic carbocycles. The Balaban J connectivity index is 1.54. The van der Waals surface area contributed by atoms with E-state index in [0.29, 0.717) is 53.0 Å². The van der Waals surface area contributed by atoms with Crippen molar-refractivity contribution in [2.24, 2.45) is 0 Å². The van der Waals surface area contributed by atoms with Gasteiger partial charge in [-0.2, -0.15) is 13.2 Å². The van der Waals surface area contributed by atoms with Gasteiger partial charge in [0.05, 0.1) is 28.2 Å². The number of aliphatic hydroxyl groups is 1. The molecule has 3 heterocycles. The Labute approximate surface area is 169 Å². The number of aromatic amines is 1. The summed E-state index contributed by atoms with van der Waals surface area (Å²) in [6.45, 7) is 3.74. The Morgan fingerprint density at radius 3 is 2.72 bits per heavy atom. The minimum Gasteiger partial charge on any atom is -0.392 e. The second-order valence-corrected chi connectivity index (χ2v) is 7.49. The molecule has 3 aromatic rings. The number of hydrogen-bond acceptors (Lipinski definition) is 5. The minimum atomic E-state index is -4.39. The summed E-state index contributed by atoms with van der Waals surface area (Å²) in [5, 5.41) is 9.67. The third-order valence-corrected chi connectivity index (χ3v) is 5.33. The van der Waals surface area contributed by atoms with E-state index >= 15 is 0 Å². The summed E-state index contributed by atoms with van der Waals surface area (Å²) in [7, 11) is 0. The molecule has 1 fully saturated rings. The first-order valence-electron chi connectivity index (χ1n) is 9.10. The number of piperazine rings is 1. The number of hydrogen-bond donors (Lipinski definition) is 2. The zero-order valence-electron chi connectivity index (χ0n) is 15.5. The minimum absolute atomic E-state index is 0.0294. The van der Waals surface area contributed by atoms with Gasteiger partial charge >= 0.3 is 6.18 Å². The van der Waals surface area contributed by atoms with Gasteiger partial charge in [-0.25, -0.2) is 9.97 Å². The molecule has 0 saturated carbocycles. The Hall–Kier alpha value is -2.52. The lowest BCUT2D eigenvalue weighted by Crippen LogP contribution is -2.52. The molecule has 2 N–H and O–H groups in total. The van der Waals surface area contributed by atoms with Crippen molar-refractivity contribution < 1.29 is 18.3 Å². The Bertz CT molecular complexity index is 1040. The van der Waals surface area contributed by atoms with Gasteiger partial charge in [0.1, 0.15) is 5.82 Å². The van der Waals surface area contributed by atoms with E-state index in [2.05, 4.69) is 19.9 Å². The molecular weight excluding hydrogens is 407 g/mol. The average molecular weight is 426 g/mol. The van der Waals surface area contributed by atoms with Gasteiger partial charge in [-0.05, 0) is 36.8 Å². The number of aliphatic hydroxyl groups excluding tert-OH is 1. The van der Waals surface area contributed by atoms with Gasteiger partial charge in [-0.3, -0.25) is 0 Å². The molecule has 29 heavy (non-hydrogen) atoms. The molecule has 0 spiro atoms. The second kappa shape index (κ2) is 7.38. The first-order valence-corrected chi connectivity index (χ1v) is 9.48. The highest BCUT2D eigenvalue weighted by atomic mass is 35.5. The summed E-state index contributed by atoms with van der Waals surface area (Å²) in [5.41, 5.74) is 0.789. The molecule has 10 heteroatoms. The fraction of sp³-hybridized carbons (Fsp3) is 0.368. The van der Waals surface area contributed by atoms with E-state index in [1.165, 1.54) is 6.07 Å². The van der Waals surface area contributed by atoms with Crippen LogP contribution in [0.25, 0.3) is 11.0 Å². The van der Waals surface area contributed by atoms with Crippen LogP contribution in [-0.2, 0) is 12.8 Å². The lowest BCUT2D eigenvalue weighted by Gasteiger charge is -2.40. The van der Waals surface area contributed by atoms with Crippen molar-refractivity contribution in [3.63, 3.8) is 0 Å². The molecule has 0 radical (unpaired) electrons. The second-order valence-electron chi connectivity index (χ2n) is 7.09. The number of nitrogens with zero attached hydrogens (tertiary/aromatic N) is 4. The van der Waals surface area contributed by atoms with Crippen LogP contribution in [0, 0.1) is 0 Å². The maximum Gasteiger partial charge on any atom is 0.416 e. The third-order valence-electron chi connectivity index (χ3n) is 5.06. The van der Waals surface area contributed by atoms with Crippen LogP contribution in [0.4, 0.5) is 24.9 Å². The van der Waals surface area contributed by atoms with Crippen LogP contribution in [-0.4, -0.2) is 45.7 Å². The van der Waals surface area contributed by atoms with Crippen LogP contribution in [0.15, 0.2) is 30.5 Å². The number of aromatic nitrogens is 3. The van der Waals surface area contributed by atoms with Gasteiger partial charge in [-0.1, -0.05) is 11.6 Å². The van der Waals surface area contributed by atoms with Gasteiger partial charge < -0.3 is 19.9 Å². The molecule has 0 unspecified atom stereocenters. The molecule has 4 rings (SSSR count). The maximum absolute atomic E-state index is 12.9. The molecule has 2 aromatic heterocycles. The topological polar surface area (TPSA) is 68.3 Å². The zero-order valence-corrected chi connectivity index (χ0v) is 16.3. The number of nitrogens with one attached hydrogen (secondary N) is 1. The van der Waals surface area contributed by atoms with Crippen molar-refractivity contribution in [2.45, 2.75) is 25.7 Å². The summed E-state index contributed by atoms with van der Waals surface area (Å²) >= 11 is 6.31. The summed E-state index contributed by atoms with van der Waals surface area (Å²) in [4.78, 5) is 15.9. The van der Waals surface area contributed by atoms with Gasteiger partial charge in [0.2, 0.25) is 5.95 Å². The summed E-state index contributed by atoms with van der Waals surface area (Å²) in [6, 6.07) is 5.22. The highest BCUT2D eigenvalue weighted by Crippen LogP contribution is 2.32. The normalized spacial score (nSPS) is 17.9. The van der Waals surface area contributed by atoms with Crippen molar-refractivity contribution in [3.05, 3.63) is 46.6 Å². The van der Waals surface area contributed by atoms with Crippen LogP contribution in [0.5, 0.6) is 0 Å². The lowest BCUT2D eigenvalue weighted by atomic mass is 10.2. The number of fused-ring (bicyclic) bond motifs is 1. The first-order chi connectivity index (χ1) is 13.8. The Kier molecular flexibility index (Phi) is 5.04. The summed E-state index contributed by atoms with van der Waals surface area (Å²) in [6.07, 6.45) is -2.80. The first kappa shape index (κ1) is 19.8. The molecule has 6 nitrogen and oxygen atoms in total. The van der Waals surface area contributed by atoms with E-state index < -0.39 is 11.7 Å². The van der Waals surface area contributed by atoms with Crippen molar-refractivity contribution in [1.29, 1.82) is 0 Å². The van der Waals surface area contributed by atoms with Crippen molar-refractivity contribution in [2.75, 3.05) is 29.4 Å². The lowest BCUT2D eigenvalue weighted by molar-refractivity contribution is -0.137. The van der Waals surface area contributed by atoms with Gasteiger partial charge in [0, 0.05) is 31.9 Å². The average Bonchev–Trinajstić information content (AvgIpc) is 3.10. The largest absolute Gasteiger partial charge is 0.416 e. The molecule has 0 amide bonds. The fourth-order valence-corrected chi connectivity index (χ4v) is 3.87. The van der Waals surface area contributed by atoms with Gasteiger partial charge in [0.15, 0.2) is 0 Å². The van der Waals surface area contributed by atoms with E-state index in [1.54, 1.807) is 12.3 Å². The SMILES string of the molecule is C[C@H]1CN(c2ncc(CO)cc2Cl)CCN1c1nc2ccc(C(F)(F)F)cc2[nH]1. The van der Waals surface area contributed by atoms with E-state index in [-0.39, 0.29) is 12.6 Å². The number of rotatable bonds is 3. The molecule has 1 aliphatic rings. The monoisotopic (exact) mass is 425 g/mol. The number of pyridine rings is 1. The smallest absolute Gasteiger partial charge is 0.392 e. The molecule has 0 bridgehead atoms. The van der Waals surface area contributed by atoms with Crippen molar-refractivity contribution >= 4 is 34.4 Å². The molecule has 1 saturated heterocycles. The number of imidazole rings is 1. The van der Waals surface area contributed by atoms with Crippen LogP contribution in [0.2, 0.25) is 5.02 Å². The highest BCUT2D eigenvalue weighted by molar-refractivity contribution is 6.33. The number of H-pyrrole nitrogens is 1. The maximum atomic E-state index is 12.9. The summed E-state index contributed by atoms with van der Waals surface area (Å²) < 4.78 is 38.8. The van der Waals surface area contributed by atoms with Crippen LogP contribution in [0.3, 0.4) is 0 Å². The van der Waals surface area contributed by atoms with Crippen molar-refractivity contribution in [3.8, 4) is 0 Å². The predicted molar refractivity (Wildman–Crippen MR) is 105 cm³/mol. The van der Waals surface area contributed by atoms with Crippen molar-refractivity contribution in [1.82, 2.24) is 15.0 Å². The highest BCUT2D eigenvalue weighted by Gasteiger charge is 2.31. The van der Waals surface area contributed by atoms with E-state index in [4.69, 9.17) is 11.6 Å². The molecule has 1 atom stereocenters. The van der Waals surface area contributed by atoms with E-state index in [0.717, 1.165) is 12.1 Å². The fourth-order valence-electron chi connectivity index (χ4n) is 3.56. The van der Waals surface area contributed by atoms with E-state index in [1.807, 2.05) is 11.8 Å². The van der Waals surface area contributed by atoms with Crippen LogP contribution >= 0.6 is 11.6 Å². The van der Waals surface area contributed by atoms with Gasteiger partial charge in [-0.15, -0.1) is 0 Å². The number of halogens is 4. The summed E-state index contributed by atoms with van der Waals surface area (Å²) in [5.74, 6) is 1.19. The molecular formula is C19H19ClF3N5O.